The van der Waals surface area contributed by atoms with Gasteiger partial charge in [0.05, 0.1) is 6.26 Å². The molecule has 0 unspecified atom stereocenters. The Hall–Kier alpha value is -2.76. The number of amides is 2. The summed E-state index contributed by atoms with van der Waals surface area (Å²) in [7, 11) is 0. The van der Waals surface area contributed by atoms with Crippen LogP contribution in [0.3, 0.4) is 0 Å². The van der Waals surface area contributed by atoms with E-state index in [1.54, 1.807) is 36.4 Å². The van der Waals surface area contributed by atoms with Gasteiger partial charge in [-0.1, -0.05) is 0 Å². The molecule has 1 saturated heterocycles. The minimum Gasteiger partial charge on any atom is -0.484 e. The van der Waals surface area contributed by atoms with E-state index < -0.39 is 0 Å². The van der Waals surface area contributed by atoms with Gasteiger partial charge < -0.3 is 19.4 Å². The van der Waals surface area contributed by atoms with Gasteiger partial charge >= 0.3 is 0 Å². The zero-order valence-corrected chi connectivity index (χ0v) is 14.2. The van der Waals surface area contributed by atoms with E-state index in [2.05, 4.69) is 12.2 Å². The molecule has 1 atom stereocenters. The average molecular weight is 342 g/mol. The summed E-state index contributed by atoms with van der Waals surface area (Å²) in [6.45, 7) is 2.91. The molecule has 0 spiro atoms. The average Bonchev–Trinajstić information content (AvgIpc) is 3.16. The fraction of sp³-hybridized carbons (Fsp3) is 0.368. The molecule has 1 fully saturated rings. The molecule has 0 saturated carbocycles. The van der Waals surface area contributed by atoms with E-state index in [1.165, 1.54) is 12.7 Å². The van der Waals surface area contributed by atoms with E-state index in [9.17, 15) is 9.59 Å². The van der Waals surface area contributed by atoms with Gasteiger partial charge in [0.15, 0.2) is 12.4 Å². The molecule has 0 radical (unpaired) electrons. The third-order valence-corrected chi connectivity index (χ3v) is 4.34. The number of carbonyl (C=O) groups is 2. The maximum Gasteiger partial charge on any atom is 0.291 e. The second-order valence-electron chi connectivity index (χ2n) is 6.18. The molecule has 1 aliphatic heterocycles. The second-order valence-corrected chi connectivity index (χ2v) is 6.18. The molecule has 2 amide bonds. The van der Waals surface area contributed by atoms with Gasteiger partial charge in [-0.05, 0) is 62.6 Å². The molecule has 2 aromatic rings. The fourth-order valence-electron chi connectivity index (χ4n) is 2.93. The molecular formula is C19H22N2O4. The Balaban J connectivity index is 1.50. The summed E-state index contributed by atoms with van der Waals surface area (Å²) in [5.74, 6) is 0.547. The minimum absolute atomic E-state index is 0.0161. The van der Waals surface area contributed by atoms with Crippen molar-refractivity contribution >= 4 is 17.5 Å². The SMILES string of the molecule is C[C@@H]1CCCCN1C(=O)COc1ccc(NC(=O)c2ccco2)cc1. The summed E-state index contributed by atoms with van der Waals surface area (Å²) in [4.78, 5) is 26.0. The number of anilines is 1. The van der Waals surface area contributed by atoms with Crippen molar-refractivity contribution in [3.05, 3.63) is 48.4 Å². The van der Waals surface area contributed by atoms with Gasteiger partial charge in [-0.3, -0.25) is 9.59 Å². The zero-order valence-electron chi connectivity index (χ0n) is 14.2. The van der Waals surface area contributed by atoms with Crippen molar-refractivity contribution in [1.29, 1.82) is 0 Å². The van der Waals surface area contributed by atoms with Crippen molar-refractivity contribution < 1.29 is 18.7 Å². The lowest BCUT2D eigenvalue weighted by Crippen LogP contribution is -2.44. The number of hydrogen-bond acceptors (Lipinski definition) is 4. The Morgan fingerprint density at radius 3 is 2.72 bits per heavy atom. The lowest BCUT2D eigenvalue weighted by atomic mass is 10.0. The molecule has 0 aliphatic carbocycles. The molecule has 132 valence electrons. The van der Waals surface area contributed by atoms with Gasteiger partial charge in [0.1, 0.15) is 5.75 Å². The van der Waals surface area contributed by atoms with E-state index in [0.29, 0.717) is 11.4 Å². The van der Waals surface area contributed by atoms with Gasteiger partial charge in [0, 0.05) is 18.3 Å². The lowest BCUT2D eigenvalue weighted by Gasteiger charge is -2.33. The quantitative estimate of drug-likeness (QED) is 0.905. The Morgan fingerprint density at radius 2 is 2.04 bits per heavy atom. The van der Waals surface area contributed by atoms with Crippen LogP contribution in [0.5, 0.6) is 5.75 Å². The molecule has 3 rings (SSSR count). The van der Waals surface area contributed by atoms with Crippen molar-refractivity contribution in [3.63, 3.8) is 0 Å². The van der Waals surface area contributed by atoms with Gasteiger partial charge in [-0.15, -0.1) is 0 Å². The topological polar surface area (TPSA) is 71.8 Å². The summed E-state index contributed by atoms with van der Waals surface area (Å²) < 4.78 is 10.6. The first-order valence-corrected chi connectivity index (χ1v) is 8.50. The maximum atomic E-state index is 12.3. The monoisotopic (exact) mass is 342 g/mol. The molecule has 6 nitrogen and oxygen atoms in total. The van der Waals surface area contributed by atoms with Crippen LogP contribution in [-0.4, -0.2) is 35.9 Å². The molecule has 1 N–H and O–H groups in total. The minimum atomic E-state index is -0.312. The van der Waals surface area contributed by atoms with Crippen LogP contribution >= 0.6 is 0 Å². The van der Waals surface area contributed by atoms with E-state index in [0.717, 1.165) is 19.4 Å². The van der Waals surface area contributed by atoms with Crippen LogP contribution in [0.2, 0.25) is 0 Å². The van der Waals surface area contributed by atoms with Gasteiger partial charge in [0.25, 0.3) is 11.8 Å². The number of hydrogen-bond donors (Lipinski definition) is 1. The van der Waals surface area contributed by atoms with E-state index >= 15 is 0 Å². The predicted molar refractivity (Wildman–Crippen MR) is 93.6 cm³/mol. The van der Waals surface area contributed by atoms with E-state index in [4.69, 9.17) is 9.15 Å². The van der Waals surface area contributed by atoms with Gasteiger partial charge in [-0.25, -0.2) is 0 Å². The standard InChI is InChI=1S/C19H22N2O4/c1-14-5-2-3-11-21(14)18(22)13-25-16-9-7-15(8-10-16)20-19(23)17-6-4-12-24-17/h4,6-10,12,14H,2-3,5,11,13H2,1H3,(H,20,23)/t14-/m1/s1. The number of furan rings is 1. The van der Waals surface area contributed by atoms with Crippen LogP contribution in [0.1, 0.15) is 36.7 Å². The number of likely N-dealkylation sites (tertiary alicyclic amines) is 1. The smallest absolute Gasteiger partial charge is 0.291 e. The maximum absolute atomic E-state index is 12.3. The van der Waals surface area contributed by atoms with E-state index in [-0.39, 0.29) is 30.2 Å². The number of nitrogens with zero attached hydrogens (tertiary/aromatic N) is 1. The largest absolute Gasteiger partial charge is 0.484 e. The molecule has 1 aromatic heterocycles. The van der Waals surface area contributed by atoms with Crippen molar-refractivity contribution in [2.24, 2.45) is 0 Å². The predicted octanol–water partition coefficient (Wildman–Crippen LogP) is 3.31. The number of benzene rings is 1. The molecule has 6 heteroatoms. The third kappa shape index (κ3) is 4.41. The fourth-order valence-corrected chi connectivity index (χ4v) is 2.93. The molecule has 1 aliphatic rings. The summed E-state index contributed by atoms with van der Waals surface area (Å²) in [5.41, 5.74) is 0.629. The highest BCUT2D eigenvalue weighted by Gasteiger charge is 2.23. The van der Waals surface area contributed by atoms with Crippen LogP contribution in [0.4, 0.5) is 5.69 Å². The molecule has 0 bridgehead atoms. The molecular weight excluding hydrogens is 320 g/mol. The summed E-state index contributed by atoms with van der Waals surface area (Å²) in [6, 6.07) is 10.4. The number of piperidine rings is 1. The van der Waals surface area contributed by atoms with Crippen LogP contribution in [0, 0.1) is 0 Å². The summed E-state index contributed by atoms with van der Waals surface area (Å²) in [5, 5.41) is 2.73. The van der Waals surface area contributed by atoms with E-state index in [1.807, 2.05) is 4.90 Å². The highest BCUT2D eigenvalue weighted by Crippen LogP contribution is 2.19. The number of ether oxygens (including phenoxy) is 1. The first-order valence-electron chi connectivity index (χ1n) is 8.50. The summed E-state index contributed by atoms with van der Waals surface area (Å²) in [6.07, 6.45) is 4.74. The first kappa shape index (κ1) is 17.1. The highest BCUT2D eigenvalue weighted by atomic mass is 16.5. The van der Waals surface area contributed by atoms with Crippen molar-refractivity contribution in [3.8, 4) is 5.75 Å². The van der Waals surface area contributed by atoms with Gasteiger partial charge in [0.2, 0.25) is 0 Å². The zero-order chi connectivity index (χ0) is 17.6. The Morgan fingerprint density at radius 1 is 1.24 bits per heavy atom. The highest BCUT2D eigenvalue weighted by molar-refractivity contribution is 6.02. The third-order valence-electron chi connectivity index (χ3n) is 4.34. The van der Waals surface area contributed by atoms with Crippen molar-refractivity contribution in [2.75, 3.05) is 18.5 Å². The van der Waals surface area contributed by atoms with Crippen molar-refractivity contribution in [2.45, 2.75) is 32.2 Å². The number of rotatable bonds is 5. The number of nitrogens with one attached hydrogen (secondary N) is 1. The Bertz CT molecular complexity index is 710. The molecule has 2 heterocycles. The van der Waals surface area contributed by atoms with Gasteiger partial charge in [-0.2, -0.15) is 0 Å². The van der Waals surface area contributed by atoms with Crippen molar-refractivity contribution in [1.82, 2.24) is 4.90 Å². The Kier molecular flexibility index (Phi) is 5.38. The first-order chi connectivity index (χ1) is 12.1. The number of carbonyl (C=O) groups excluding carboxylic acids is 2. The lowest BCUT2D eigenvalue weighted by molar-refractivity contribution is -0.136. The Labute approximate surface area is 146 Å². The second kappa shape index (κ2) is 7.88. The van der Waals surface area contributed by atoms with Crippen LogP contribution in [-0.2, 0) is 4.79 Å². The van der Waals surface area contributed by atoms with Crippen LogP contribution in [0.15, 0.2) is 47.1 Å². The summed E-state index contributed by atoms with van der Waals surface area (Å²) >= 11 is 0. The van der Waals surface area contributed by atoms with Crippen LogP contribution in [0.25, 0.3) is 0 Å². The van der Waals surface area contributed by atoms with Crippen LogP contribution < -0.4 is 10.1 Å². The molecule has 25 heavy (non-hydrogen) atoms. The normalized spacial score (nSPS) is 17.2. The molecule has 1 aromatic carbocycles.